The number of nitrogen functional groups attached to an aromatic ring is 1. The predicted octanol–water partition coefficient (Wildman–Crippen LogP) is 1.99. The van der Waals surface area contributed by atoms with Gasteiger partial charge >= 0.3 is 0 Å². The van der Waals surface area contributed by atoms with E-state index in [9.17, 15) is 0 Å². The summed E-state index contributed by atoms with van der Waals surface area (Å²) in [5.41, 5.74) is 7.68. The molecule has 1 aromatic heterocycles. The first-order valence-electron chi connectivity index (χ1n) is 6.59. The molecular weight excluding hydrogens is 236 g/mol. The van der Waals surface area contributed by atoms with Crippen LogP contribution in [-0.4, -0.2) is 31.2 Å². The quantitative estimate of drug-likeness (QED) is 0.890. The maximum Gasteiger partial charge on any atom is 0.128 e. The van der Waals surface area contributed by atoms with Gasteiger partial charge in [0.15, 0.2) is 0 Å². The van der Waals surface area contributed by atoms with Crippen LogP contribution in [0.15, 0.2) is 48.7 Å². The molecule has 19 heavy (non-hydrogen) atoms. The monoisotopic (exact) mass is 254 g/mol. The molecule has 3 rings (SSSR count). The van der Waals surface area contributed by atoms with Crippen LogP contribution in [0.25, 0.3) is 0 Å². The van der Waals surface area contributed by atoms with Gasteiger partial charge in [0.2, 0.25) is 0 Å². The van der Waals surface area contributed by atoms with Crippen molar-refractivity contribution in [2.45, 2.75) is 0 Å². The zero-order chi connectivity index (χ0) is 13.1. The molecule has 1 fully saturated rings. The summed E-state index contributed by atoms with van der Waals surface area (Å²) < 4.78 is 0. The van der Waals surface area contributed by atoms with E-state index in [1.165, 1.54) is 5.69 Å². The summed E-state index contributed by atoms with van der Waals surface area (Å²) in [5, 5.41) is 0. The molecule has 4 heteroatoms. The number of pyridine rings is 1. The van der Waals surface area contributed by atoms with Gasteiger partial charge in [-0.2, -0.15) is 0 Å². The van der Waals surface area contributed by atoms with E-state index in [4.69, 9.17) is 5.73 Å². The number of benzene rings is 1. The summed E-state index contributed by atoms with van der Waals surface area (Å²) in [5.74, 6) is 1.02. The smallest absolute Gasteiger partial charge is 0.128 e. The zero-order valence-corrected chi connectivity index (χ0v) is 10.9. The molecular formula is C15H18N4. The molecule has 4 nitrogen and oxygen atoms in total. The molecule has 0 atom stereocenters. The Morgan fingerprint density at radius 3 is 2.16 bits per heavy atom. The molecule has 1 saturated heterocycles. The van der Waals surface area contributed by atoms with Crippen molar-refractivity contribution in [1.29, 1.82) is 0 Å². The Morgan fingerprint density at radius 1 is 0.842 bits per heavy atom. The van der Waals surface area contributed by atoms with Gasteiger partial charge in [0.1, 0.15) is 5.82 Å². The van der Waals surface area contributed by atoms with E-state index in [0.717, 1.165) is 32.0 Å². The highest BCUT2D eigenvalue weighted by atomic mass is 15.3. The number of nitrogens with two attached hydrogens (primary N) is 1. The number of nitrogens with zero attached hydrogens (tertiary/aromatic N) is 3. The van der Waals surface area contributed by atoms with Crippen LogP contribution in [0.4, 0.5) is 17.2 Å². The van der Waals surface area contributed by atoms with Crippen molar-refractivity contribution < 1.29 is 0 Å². The van der Waals surface area contributed by atoms with E-state index in [1.54, 1.807) is 6.20 Å². The molecule has 1 aliphatic heterocycles. The van der Waals surface area contributed by atoms with Gasteiger partial charge in [-0.15, -0.1) is 0 Å². The molecule has 1 aliphatic rings. The van der Waals surface area contributed by atoms with Crippen LogP contribution in [0.5, 0.6) is 0 Å². The number of aromatic nitrogens is 1. The molecule has 0 spiro atoms. The van der Waals surface area contributed by atoms with Crippen molar-refractivity contribution >= 4 is 17.2 Å². The van der Waals surface area contributed by atoms with Crippen molar-refractivity contribution in [1.82, 2.24) is 4.98 Å². The largest absolute Gasteiger partial charge is 0.397 e. The Morgan fingerprint density at radius 2 is 1.53 bits per heavy atom. The summed E-state index contributed by atoms with van der Waals surface area (Å²) in [6.45, 7) is 4.03. The molecule has 98 valence electrons. The van der Waals surface area contributed by atoms with Crippen LogP contribution < -0.4 is 15.5 Å². The number of para-hydroxylation sites is 1. The van der Waals surface area contributed by atoms with Gasteiger partial charge in [0.05, 0.1) is 11.9 Å². The van der Waals surface area contributed by atoms with Crippen LogP contribution in [0.2, 0.25) is 0 Å². The van der Waals surface area contributed by atoms with Crippen LogP contribution in [-0.2, 0) is 0 Å². The summed E-state index contributed by atoms with van der Waals surface area (Å²) in [6.07, 6.45) is 1.72. The van der Waals surface area contributed by atoms with Crippen LogP contribution >= 0.6 is 0 Å². The van der Waals surface area contributed by atoms with E-state index < -0.39 is 0 Å². The highest BCUT2D eigenvalue weighted by Gasteiger charge is 2.17. The highest BCUT2D eigenvalue weighted by molar-refractivity contribution is 5.50. The molecule has 2 N–H and O–H groups in total. The van der Waals surface area contributed by atoms with Gasteiger partial charge in [-0.25, -0.2) is 4.98 Å². The van der Waals surface area contributed by atoms with Crippen LogP contribution in [0.3, 0.4) is 0 Å². The fourth-order valence-electron chi connectivity index (χ4n) is 2.42. The molecule has 0 bridgehead atoms. The molecule has 0 aliphatic carbocycles. The second kappa shape index (κ2) is 5.18. The number of hydrogen-bond donors (Lipinski definition) is 1. The average Bonchev–Trinajstić information content (AvgIpc) is 2.49. The normalized spacial score (nSPS) is 15.6. The van der Waals surface area contributed by atoms with Crippen molar-refractivity contribution in [3.05, 3.63) is 48.7 Å². The summed E-state index contributed by atoms with van der Waals surface area (Å²) in [6, 6.07) is 14.5. The second-order valence-electron chi connectivity index (χ2n) is 4.76. The number of piperazine rings is 1. The molecule has 0 amide bonds. The zero-order valence-electron chi connectivity index (χ0n) is 10.9. The number of hydrogen-bond acceptors (Lipinski definition) is 4. The lowest BCUT2D eigenvalue weighted by Gasteiger charge is -2.36. The van der Waals surface area contributed by atoms with Gasteiger partial charge in [0.25, 0.3) is 0 Å². The fourth-order valence-corrected chi connectivity index (χ4v) is 2.42. The summed E-state index contributed by atoms with van der Waals surface area (Å²) >= 11 is 0. The van der Waals surface area contributed by atoms with Crippen molar-refractivity contribution in [2.24, 2.45) is 0 Å². The van der Waals surface area contributed by atoms with Crippen molar-refractivity contribution in [3.63, 3.8) is 0 Å². The lowest BCUT2D eigenvalue weighted by molar-refractivity contribution is 0.647. The SMILES string of the molecule is Nc1ccc(N2CCN(c3ccccc3)CC2)nc1. The minimum atomic E-state index is 0.715. The first-order chi connectivity index (χ1) is 9.33. The first-order valence-corrected chi connectivity index (χ1v) is 6.59. The lowest BCUT2D eigenvalue weighted by atomic mass is 10.2. The maximum atomic E-state index is 5.67. The van der Waals surface area contributed by atoms with Crippen LogP contribution in [0, 0.1) is 0 Å². The number of anilines is 3. The van der Waals surface area contributed by atoms with Gasteiger partial charge < -0.3 is 15.5 Å². The molecule has 0 radical (unpaired) electrons. The third-order valence-corrected chi connectivity index (χ3v) is 3.50. The topological polar surface area (TPSA) is 45.4 Å². The Kier molecular flexibility index (Phi) is 3.23. The van der Waals surface area contributed by atoms with Crippen molar-refractivity contribution in [2.75, 3.05) is 41.7 Å². The minimum Gasteiger partial charge on any atom is -0.397 e. The van der Waals surface area contributed by atoms with Gasteiger partial charge in [0, 0.05) is 31.9 Å². The molecule has 2 aromatic rings. The molecule has 2 heterocycles. The maximum absolute atomic E-state index is 5.67. The molecule has 0 unspecified atom stereocenters. The second-order valence-corrected chi connectivity index (χ2v) is 4.76. The summed E-state index contributed by atoms with van der Waals surface area (Å²) in [4.78, 5) is 9.10. The standard InChI is InChI=1S/C15H18N4/c16-13-6-7-15(17-12-13)19-10-8-18(9-11-19)14-4-2-1-3-5-14/h1-7,12H,8-11,16H2. The Bertz CT molecular complexity index is 516. The average molecular weight is 254 g/mol. The molecule has 1 aromatic carbocycles. The Hall–Kier alpha value is -2.23. The van der Waals surface area contributed by atoms with Gasteiger partial charge in [-0.1, -0.05) is 18.2 Å². The van der Waals surface area contributed by atoms with Gasteiger partial charge in [-0.05, 0) is 24.3 Å². The summed E-state index contributed by atoms with van der Waals surface area (Å²) in [7, 11) is 0. The van der Waals surface area contributed by atoms with E-state index >= 15 is 0 Å². The van der Waals surface area contributed by atoms with Crippen LogP contribution in [0.1, 0.15) is 0 Å². The number of rotatable bonds is 2. The third-order valence-electron chi connectivity index (χ3n) is 3.50. The highest BCUT2D eigenvalue weighted by Crippen LogP contribution is 2.19. The fraction of sp³-hybridized carbons (Fsp3) is 0.267. The van der Waals surface area contributed by atoms with Crippen molar-refractivity contribution in [3.8, 4) is 0 Å². The third kappa shape index (κ3) is 2.62. The Labute approximate surface area is 113 Å². The van der Waals surface area contributed by atoms with Gasteiger partial charge in [-0.3, -0.25) is 0 Å². The minimum absolute atomic E-state index is 0.715. The first kappa shape index (κ1) is 11.8. The lowest BCUT2D eigenvalue weighted by Crippen LogP contribution is -2.46. The predicted molar refractivity (Wildman–Crippen MR) is 79.5 cm³/mol. The Balaban J connectivity index is 1.65. The van der Waals surface area contributed by atoms with E-state index in [2.05, 4.69) is 45.1 Å². The van der Waals surface area contributed by atoms with E-state index in [0.29, 0.717) is 5.69 Å². The van der Waals surface area contributed by atoms with E-state index in [1.807, 2.05) is 12.1 Å². The van der Waals surface area contributed by atoms with E-state index in [-0.39, 0.29) is 0 Å². The molecule has 0 saturated carbocycles.